The van der Waals surface area contributed by atoms with E-state index in [1.165, 1.54) is 7.11 Å². The van der Waals surface area contributed by atoms with Crippen molar-refractivity contribution in [2.45, 2.75) is 31.4 Å². The fourth-order valence-electron chi connectivity index (χ4n) is 1.71. The summed E-state index contributed by atoms with van der Waals surface area (Å²) >= 11 is 0. The number of carbonyl (C=O) groups is 2. The van der Waals surface area contributed by atoms with Crippen LogP contribution >= 0.6 is 0 Å². The van der Waals surface area contributed by atoms with E-state index in [1.54, 1.807) is 0 Å². The van der Waals surface area contributed by atoms with Crippen LogP contribution in [0.1, 0.15) is 19.3 Å². The first kappa shape index (κ1) is 14.7. The molecule has 104 valence electrons. The molecule has 1 aliphatic heterocycles. The lowest BCUT2D eigenvalue weighted by molar-refractivity contribution is -0.139. The monoisotopic (exact) mass is 260 g/mol. The van der Waals surface area contributed by atoms with Crippen LogP contribution in [0.2, 0.25) is 0 Å². The Morgan fingerprint density at radius 2 is 2.33 bits per heavy atom. The maximum Gasteiger partial charge on any atom is 0.326 e. The van der Waals surface area contributed by atoms with Crippen molar-refractivity contribution in [1.82, 2.24) is 10.6 Å². The van der Waals surface area contributed by atoms with Gasteiger partial charge in [0.05, 0.1) is 6.10 Å². The number of urea groups is 1. The van der Waals surface area contributed by atoms with E-state index in [0.29, 0.717) is 6.54 Å². The predicted molar refractivity (Wildman–Crippen MR) is 63.4 cm³/mol. The van der Waals surface area contributed by atoms with Crippen molar-refractivity contribution < 1.29 is 24.2 Å². The maximum absolute atomic E-state index is 11.5. The van der Waals surface area contributed by atoms with Gasteiger partial charge in [0.1, 0.15) is 6.04 Å². The molecule has 1 rings (SSSR count). The summed E-state index contributed by atoms with van der Waals surface area (Å²) in [6.45, 7) is 1.41. The van der Waals surface area contributed by atoms with E-state index in [4.69, 9.17) is 14.6 Å². The molecule has 0 radical (unpaired) electrons. The highest BCUT2D eigenvalue weighted by Gasteiger charge is 2.21. The van der Waals surface area contributed by atoms with Gasteiger partial charge in [-0.25, -0.2) is 9.59 Å². The third-order valence-corrected chi connectivity index (χ3v) is 2.73. The average Bonchev–Trinajstić information content (AvgIpc) is 2.84. The van der Waals surface area contributed by atoms with Crippen molar-refractivity contribution in [3.63, 3.8) is 0 Å². The van der Waals surface area contributed by atoms with Gasteiger partial charge >= 0.3 is 12.0 Å². The van der Waals surface area contributed by atoms with Gasteiger partial charge in [-0.15, -0.1) is 0 Å². The summed E-state index contributed by atoms with van der Waals surface area (Å²) < 4.78 is 10.1. The molecule has 7 heteroatoms. The van der Waals surface area contributed by atoms with Gasteiger partial charge in [0.15, 0.2) is 0 Å². The molecular weight excluding hydrogens is 240 g/mol. The van der Waals surface area contributed by atoms with Crippen LogP contribution in [-0.4, -0.2) is 56.1 Å². The zero-order valence-corrected chi connectivity index (χ0v) is 10.5. The quantitative estimate of drug-likeness (QED) is 0.596. The van der Waals surface area contributed by atoms with Gasteiger partial charge in [-0.2, -0.15) is 0 Å². The van der Waals surface area contributed by atoms with Crippen LogP contribution in [0, 0.1) is 0 Å². The van der Waals surface area contributed by atoms with Crippen molar-refractivity contribution in [1.29, 1.82) is 0 Å². The highest BCUT2D eigenvalue weighted by molar-refractivity contribution is 5.82. The molecule has 7 nitrogen and oxygen atoms in total. The topological polar surface area (TPSA) is 96.9 Å². The normalized spacial score (nSPS) is 20.4. The first-order chi connectivity index (χ1) is 8.63. The largest absolute Gasteiger partial charge is 0.480 e. The fourth-order valence-corrected chi connectivity index (χ4v) is 1.71. The van der Waals surface area contributed by atoms with E-state index in [0.717, 1.165) is 19.4 Å². The Bertz CT molecular complexity index is 279. The molecular formula is C11H20N2O5. The number of carboxylic acids is 1. The van der Waals surface area contributed by atoms with Crippen molar-refractivity contribution in [2.75, 3.05) is 26.9 Å². The Balaban J connectivity index is 2.24. The number of rotatable bonds is 7. The first-order valence-corrected chi connectivity index (χ1v) is 6.01. The molecule has 2 atom stereocenters. The summed E-state index contributed by atoms with van der Waals surface area (Å²) in [7, 11) is 1.48. The molecule has 0 aliphatic carbocycles. The van der Waals surface area contributed by atoms with Gasteiger partial charge in [0.2, 0.25) is 0 Å². The van der Waals surface area contributed by atoms with Crippen molar-refractivity contribution >= 4 is 12.0 Å². The third-order valence-electron chi connectivity index (χ3n) is 2.73. The molecule has 18 heavy (non-hydrogen) atoms. The number of ether oxygens (including phenoxy) is 2. The van der Waals surface area contributed by atoms with Gasteiger partial charge in [-0.3, -0.25) is 0 Å². The average molecular weight is 260 g/mol. The molecule has 1 saturated heterocycles. The predicted octanol–water partition coefficient (Wildman–Crippen LogP) is -0.0457. The lowest BCUT2D eigenvalue weighted by atomic mass is 10.2. The smallest absolute Gasteiger partial charge is 0.326 e. The van der Waals surface area contributed by atoms with E-state index in [-0.39, 0.29) is 19.1 Å². The molecule has 2 amide bonds. The van der Waals surface area contributed by atoms with Crippen LogP contribution < -0.4 is 10.6 Å². The Kier molecular flexibility index (Phi) is 6.45. The summed E-state index contributed by atoms with van der Waals surface area (Å²) in [5, 5.41) is 13.9. The second-order valence-corrected chi connectivity index (χ2v) is 4.16. The Morgan fingerprint density at radius 3 is 2.89 bits per heavy atom. The maximum atomic E-state index is 11.5. The van der Waals surface area contributed by atoms with Gasteiger partial charge in [0, 0.05) is 33.3 Å². The molecule has 1 fully saturated rings. The van der Waals surface area contributed by atoms with E-state index in [2.05, 4.69) is 10.6 Å². The number of hydrogen-bond donors (Lipinski definition) is 3. The summed E-state index contributed by atoms with van der Waals surface area (Å²) in [6, 6.07) is -1.43. The number of nitrogens with one attached hydrogen (secondary N) is 2. The van der Waals surface area contributed by atoms with Crippen LogP contribution in [0.25, 0.3) is 0 Å². The number of carboxylic acid groups (broad SMARTS) is 1. The number of aliphatic carboxylic acids is 1. The Hall–Kier alpha value is -1.34. The van der Waals surface area contributed by atoms with E-state index in [9.17, 15) is 9.59 Å². The molecule has 0 aromatic rings. The van der Waals surface area contributed by atoms with Gasteiger partial charge < -0.3 is 25.2 Å². The number of methoxy groups -OCH3 is 1. The highest BCUT2D eigenvalue weighted by atomic mass is 16.5. The van der Waals surface area contributed by atoms with E-state index >= 15 is 0 Å². The van der Waals surface area contributed by atoms with Crippen molar-refractivity contribution in [3.05, 3.63) is 0 Å². The lowest BCUT2D eigenvalue weighted by Gasteiger charge is -2.16. The van der Waals surface area contributed by atoms with Gasteiger partial charge in [0.25, 0.3) is 0 Å². The van der Waals surface area contributed by atoms with Crippen LogP contribution in [-0.2, 0) is 14.3 Å². The second-order valence-electron chi connectivity index (χ2n) is 4.16. The highest BCUT2D eigenvalue weighted by Crippen LogP contribution is 2.10. The van der Waals surface area contributed by atoms with Crippen molar-refractivity contribution in [3.8, 4) is 0 Å². The minimum absolute atomic E-state index is 0.0398. The lowest BCUT2D eigenvalue weighted by Crippen LogP contribution is -2.48. The Morgan fingerprint density at radius 1 is 1.56 bits per heavy atom. The summed E-state index contributed by atoms with van der Waals surface area (Å²) in [5.74, 6) is -1.07. The molecule has 2 unspecified atom stereocenters. The SMILES string of the molecule is COCCC(NC(=O)NCC1CCCO1)C(=O)O. The Labute approximate surface area is 106 Å². The van der Waals surface area contributed by atoms with Crippen LogP contribution in [0.3, 0.4) is 0 Å². The second kappa shape index (κ2) is 7.88. The summed E-state index contributed by atoms with van der Waals surface area (Å²) in [5.41, 5.74) is 0. The summed E-state index contributed by atoms with van der Waals surface area (Å²) in [4.78, 5) is 22.4. The molecule has 0 spiro atoms. The molecule has 0 saturated carbocycles. The summed E-state index contributed by atoms with van der Waals surface area (Å²) in [6.07, 6.45) is 2.20. The molecule has 0 bridgehead atoms. The van der Waals surface area contributed by atoms with Gasteiger partial charge in [-0.1, -0.05) is 0 Å². The van der Waals surface area contributed by atoms with E-state index in [1.807, 2.05) is 0 Å². The molecule has 3 N–H and O–H groups in total. The third kappa shape index (κ3) is 5.33. The van der Waals surface area contributed by atoms with Crippen LogP contribution in [0.5, 0.6) is 0 Å². The van der Waals surface area contributed by atoms with E-state index < -0.39 is 18.0 Å². The molecule has 1 heterocycles. The minimum atomic E-state index is -1.07. The van der Waals surface area contributed by atoms with Crippen LogP contribution in [0.4, 0.5) is 4.79 Å². The zero-order chi connectivity index (χ0) is 13.4. The number of hydrogen-bond acceptors (Lipinski definition) is 4. The first-order valence-electron chi connectivity index (χ1n) is 6.01. The zero-order valence-electron chi connectivity index (χ0n) is 10.5. The number of amides is 2. The fraction of sp³-hybridized carbons (Fsp3) is 0.818. The van der Waals surface area contributed by atoms with Crippen molar-refractivity contribution in [2.24, 2.45) is 0 Å². The molecule has 0 aromatic carbocycles. The molecule has 1 aliphatic rings. The van der Waals surface area contributed by atoms with Crippen LogP contribution in [0.15, 0.2) is 0 Å². The molecule has 0 aromatic heterocycles. The van der Waals surface area contributed by atoms with Gasteiger partial charge in [-0.05, 0) is 12.8 Å². The standard InChI is InChI=1S/C11H20N2O5/c1-17-6-4-9(10(14)15)13-11(16)12-7-8-3-2-5-18-8/h8-9H,2-7H2,1H3,(H,14,15)(H2,12,13,16). The minimum Gasteiger partial charge on any atom is -0.480 e. The number of carbonyl (C=O) groups excluding carboxylic acids is 1.